The number of anilines is 1. The van der Waals surface area contributed by atoms with E-state index in [9.17, 15) is 0 Å². The number of allylic oxidation sites excluding steroid dienone is 1. The van der Waals surface area contributed by atoms with Crippen LogP contribution < -0.4 is 4.90 Å². The molecule has 46 heavy (non-hydrogen) atoms. The molecule has 0 amide bonds. The number of ether oxygens (including phenoxy) is 3. The lowest BCUT2D eigenvalue weighted by Crippen LogP contribution is -2.39. The lowest BCUT2D eigenvalue weighted by Gasteiger charge is -2.36. The number of benzene rings is 3. The molecule has 3 aromatic carbocycles. The molecular weight excluding hydrogens is 577 g/mol. The van der Waals surface area contributed by atoms with E-state index < -0.39 is 0 Å². The van der Waals surface area contributed by atoms with Gasteiger partial charge in [-0.25, -0.2) is 4.68 Å². The predicted octanol–water partition coefficient (Wildman–Crippen LogP) is 8.10. The van der Waals surface area contributed by atoms with Crippen LogP contribution in [0, 0.1) is 11.9 Å². The van der Waals surface area contributed by atoms with E-state index in [1.807, 2.05) is 0 Å². The first kappa shape index (κ1) is 29.9. The van der Waals surface area contributed by atoms with Gasteiger partial charge in [-0.15, -0.1) is 5.10 Å². The number of hydrogen-bond donors (Lipinski definition) is 0. The summed E-state index contributed by atoms with van der Waals surface area (Å²) >= 11 is 0. The van der Waals surface area contributed by atoms with E-state index in [0.29, 0.717) is 17.9 Å². The molecule has 0 spiro atoms. The van der Waals surface area contributed by atoms with Gasteiger partial charge in [0.25, 0.3) is 0 Å². The summed E-state index contributed by atoms with van der Waals surface area (Å²) in [4.78, 5) is 2.47. The fourth-order valence-corrected chi connectivity index (χ4v) is 8.49. The zero-order valence-electron chi connectivity index (χ0n) is 27.1. The number of nitrogens with zero attached hydrogens (tertiary/aromatic N) is 3. The van der Waals surface area contributed by atoms with Crippen molar-refractivity contribution in [2.75, 3.05) is 38.8 Å². The first-order valence-corrected chi connectivity index (χ1v) is 17.2. The molecule has 4 aromatic rings. The first-order valence-electron chi connectivity index (χ1n) is 17.2. The maximum atomic E-state index is 15.9. The van der Waals surface area contributed by atoms with E-state index in [1.54, 1.807) is 18.9 Å². The molecule has 0 bridgehead atoms. The fourth-order valence-electron chi connectivity index (χ4n) is 8.49. The number of aryl methyl sites for hydroxylation is 2. The maximum Gasteiger partial charge on any atom is 0.240 e. The first-order chi connectivity index (χ1) is 22.6. The van der Waals surface area contributed by atoms with Crippen molar-refractivity contribution in [3.05, 3.63) is 93.9 Å². The second-order valence-corrected chi connectivity index (χ2v) is 13.4. The Hall–Kier alpha value is -3.52. The topological polar surface area (TPSA) is 48.8 Å². The van der Waals surface area contributed by atoms with Gasteiger partial charge in [-0.3, -0.25) is 0 Å². The minimum Gasteiger partial charge on any atom is -0.372 e. The van der Waals surface area contributed by atoms with E-state index in [-0.39, 0.29) is 18.5 Å². The highest BCUT2D eigenvalue weighted by Crippen LogP contribution is 2.45. The van der Waals surface area contributed by atoms with Crippen LogP contribution in [-0.4, -0.2) is 50.0 Å². The van der Waals surface area contributed by atoms with Crippen molar-refractivity contribution in [2.24, 2.45) is 5.92 Å². The van der Waals surface area contributed by atoms with Crippen molar-refractivity contribution in [1.82, 2.24) is 9.78 Å². The Morgan fingerprint density at radius 3 is 2.37 bits per heavy atom. The van der Waals surface area contributed by atoms with Gasteiger partial charge in [0.05, 0.1) is 10.9 Å². The van der Waals surface area contributed by atoms with E-state index in [1.165, 1.54) is 39.1 Å². The third kappa shape index (κ3) is 5.17. The summed E-state index contributed by atoms with van der Waals surface area (Å²) in [5, 5.41) is 5.10. The van der Waals surface area contributed by atoms with Crippen molar-refractivity contribution in [3.8, 4) is 0 Å². The Kier molecular flexibility index (Phi) is 8.17. The summed E-state index contributed by atoms with van der Waals surface area (Å²) in [6, 6.07) is 20.2. The third-order valence-corrected chi connectivity index (χ3v) is 10.9. The molecule has 6 nitrogen and oxygen atoms in total. The summed E-state index contributed by atoms with van der Waals surface area (Å²) in [6.45, 7) is 2.66. The van der Waals surface area contributed by atoms with Gasteiger partial charge >= 0.3 is 0 Å². The summed E-state index contributed by atoms with van der Waals surface area (Å²) in [6.07, 6.45) is 9.74. The molecule has 2 saturated heterocycles. The van der Waals surface area contributed by atoms with E-state index >= 15 is 4.39 Å². The smallest absolute Gasteiger partial charge is 0.240 e. The van der Waals surface area contributed by atoms with Crippen LogP contribution in [0.5, 0.6) is 0 Å². The summed E-state index contributed by atoms with van der Waals surface area (Å²) in [5.41, 5.74) is 12.4. The molecule has 7 heteroatoms. The Labute approximate surface area is 271 Å². The van der Waals surface area contributed by atoms with Crippen LogP contribution in [-0.2, 0) is 33.5 Å². The van der Waals surface area contributed by atoms with Crippen molar-refractivity contribution in [1.29, 1.82) is 0 Å². The fraction of sp³-hybridized carbons (Fsp3) is 0.462. The normalized spacial score (nSPS) is 20.5. The number of rotatable bonds is 7. The average molecular weight is 622 g/mol. The van der Waals surface area contributed by atoms with Gasteiger partial charge in [-0.2, -0.15) is 4.39 Å². The number of piperidine rings is 1. The second kappa shape index (κ2) is 12.6. The Morgan fingerprint density at radius 2 is 1.65 bits per heavy atom. The van der Waals surface area contributed by atoms with Gasteiger partial charge in [0.1, 0.15) is 0 Å². The molecule has 1 aromatic heterocycles. The van der Waals surface area contributed by atoms with E-state index in [4.69, 9.17) is 14.2 Å². The van der Waals surface area contributed by atoms with Crippen LogP contribution in [0.15, 0.2) is 54.6 Å². The van der Waals surface area contributed by atoms with Gasteiger partial charge < -0.3 is 19.1 Å². The van der Waals surface area contributed by atoms with Crippen molar-refractivity contribution >= 4 is 27.7 Å². The minimum absolute atomic E-state index is 0.140. The van der Waals surface area contributed by atoms with Crippen LogP contribution in [0.4, 0.5) is 10.1 Å². The molecule has 0 radical (unpaired) electrons. The van der Waals surface area contributed by atoms with Crippen molar-refractivity contribution in [3.63, 3.8) is 0 Å². The second-order valence-electron chi connectivity index (χ2n) is 13.4. The lowest BCUT2D eigenvalue weighted by molar-refractivity contribution is -0.141. The van der Waals surface area contributed by atoms with Crippen LogP contribution in [0.1, 0.15) is 84.6 Å². The highest BCUT2D eigenvalue weighted by Gasteiger charge is 2.30. The number of methoxy groups -OCH3 is 2. The SMILES string of the molecule is COC(OC)C1CCN(c2ccc(C3=C(c4cccc5c4CC5)CCCc4c3ccc3c4c(F)nn3C3CCCCO3)cc2)CC1. The molecular formula is C39H44FN3O3. The highest BCUT2D eigenvalue weighted by atomic mass is 19.1. The molecule has 4 aliphatic rings. The van der Waals surface area contributed by atoms with Crippen LogP contribution in [0.2, 0.25) is 0 Å². The molecule has 0 N–H and O–H groups in total. The van der Waals surface area contributed by atoms with Gasteiger partial charge in [-0.05, 0) is 127 Å². The van der Waals surface area contributed by atoms with E-state index in [2.05, 4.69) is 64.6 Å². The van der Waals surface area contributed by atoms with E-state index in [0.717, 1.165) is 93.9 Å². The predicted molar refractivity (Wildman–Crippen MR) is 180 cm³/mol. The third-order valence-electron chi connectivity index (χ3n) is 10.9. The number of halogens is 1. The van der Waals surface area contributed by atoms with Crippen LogP contribution in [0.3, 0.4) is 0 Å². The number of fused-ring (bicyclic) bond motifs is 4. The van der Waals surface area contributed by atoms with Gasteiger partial charge in [0, 0.05) is 45.5 Å². The summed E-state index contributed by atoms with van der Waals surface area (Å²) < 4.78 is 34.9. The highest BCUT2D eigenvalue weighted by molar-refractivity contribution is 6.03. The van der Waals surface area contributed by atoms with Gasteiger partial charge in [0.15, 0.2) is 12.5 Å². The molecule has 2 fully saturated rings. The summed E-state index contributed by atoms with van der Waals surface area (Å²) in [5.74, 6) is 0.0334. The quantitative estimate of drug-likeness (QED) is 0.195. The summed E-state index contributed by atoms with van der Waals surface area (Å²) in [7, 11) is 3.46. The van der Waals surface area contributed by atoms with Crippen LogP contribution >= 0.6 is 0 Å². The number of hydrogen-bond acceptors (Lipinski definition) is 5. The average Bonchev–Trinajstić information content (AvgIpc) is 3.30. The minimum atomic E-state index is -0.379. The molecule has 8 rings (SSSR count). The zero-order valence-corrected chi connectivity index (χ0v) is 27.1. The molecule has 240 valence electrons. The van der Waals surface area contributed by atoms with Gasteiger partial charge in [-0.1, -0.05) is 36.4 Å². The largest absolute Gasteiger partial charge is 0.372 e. The lowest BCUT2D eigenvalue weighted by atomic mass is 9.79. The number of aromatic nitrogens is 2. The molecule has 0 saturated carbocycles. The monoisotopic (exact) mass is 621 g/mol. The standard InChI is InChI=1S/C39H44FN3O3/c1-44-39(45-2)27-20-22-42(23-21-27)28-15-12-26(13-16-28)36-31(30-8-5-7-25-14-17-29(25)30)9-6-10-32-33(36)18-19-34-37(32)38(40)41-43(34)35-11-3-4-24-46-35/h5,7-8,12-13,15-16,18-19,27,35,39H,3-4,6,9-11,14,17,20-24H2,1-2H3. The molecule has 3 heterocycles. The van der Waals surface area contributed by atoms with Crippen molar-refractivity contribution in [2.45, 2.75) is 76.7 Å². The maximum absolute atomic E-state index is 15.9. The Balaban J connectivity index is 1.21. The molecule has 1 atom stereocenters. The van der Waals surface area contributed by atoms with Gasteiger partial charge in [0.2, 0.25) is 5.95 Å². The molecule has 2 aliphatic heterocycles. The Bertz CT molecular complexity index is 1760. The Morgan fingerprint density at radius 1 is 0.826 bits per heavy atom. The molecule has 2 aliphatic carbocycles. The van der Waals surface area contributed by atoms with Crippen LogP contribution in [0.25, 0.3) is 22.0 Å². The zero-order chi connectivity index (χ0) is 31.2. The molecule has 1 unspecified atom stereocenters. The van der Waals surface area contributed by atoms with Crippen molar-refractivity contribution < 1.29 is 18.6 Å².